The first-order valence-electron chi connectivity index (χ1n) is 15.9. The first-order valence-corrected chi connectivity index (χ1v) is 15.9. The van der Waals surface area contributed by atoms with Crippen LogP contribution in [0.25, 0.3) is 16.9 Å². The second-order valence-electron chi connectivity index (χ2n) is 13.0. The Morgan fingerprint density at radius 2 is 1.92 bits per heavy atom. The van der Waals surface area contributed by atoms with Crippen LogP contribution >= 0.6 is 0 Å². The molecule has 0 saturated carbocycles. The van der Waals surface area contributed by atoms with E-state index in [2.05, 4.69) is 20.2 Å². The Morgan fingerprint density at radius 3 is 2.62 bits per heavy atom. The van der Waals surface area contributed by atoms with Gasteiger partial charge in [-0.25, -0.2) is 19.2 Å². The molecule has 1 saturated heterocycles. The van der Waals surface area contributed by atoms with Gasteiger partial charge in [0, 0.05) is 69.5 Å². The Labute approximate surface area is 280 Å². The Bertz CT molecular complexity index is 1770. The number of nitrogens with one attached hydrogen (secondary N) is 1. The zero-order valence-electron chi connectivity index (χ0n) is 28.6. The first-order chi connectivity index (χ1) is 22.8. The molecule has 48 heavy (non-hydrogen) atoms. The molecule has 0 bridgehead atoms. The molecule has 2 amide bonds. The lowest BCUT2D eigenvalue weighted by atomic mass is 10.1. The number of carbonyl (C=O) groups is 2. The minimum atomic E-state index is -0.559. The molecule has 1 fully saturated rings. The molecule has 0 radical (unpaired) electrons. The van der Waals surface area contributed by atoms with Crippen molar-refractivity contribution in [1.82, 2.24) is 29.1 Å². The lowest BCUT2D eigenvalue weighted by Crippen LogP contribution is -2.50. The van der Waals surface area contributed by atoms with Crippen molar-refractivity contribution in [2.75, 3.05) is 65.9 Å². The molecule has 0 spiro atoms. The number of morpholine rings is 1. The molecular formula is C35H44FN7O5. The molecule has 1 unspecified atom stereocenters. The molecule has 3 heterocycles. The largest absolute Gasteiger partial charge is 0.494 e. The highest BCUT2D eigenvalue weighted by Gasteiger charge is 2.26. The third-order valence-corrected chi connectivity index (χ3v) is 8.10. The number of hydrogen-bond donors (Lipinski definition) is 1. The topological polar surface area (TPSA) is 114 Å². The molecule has 1 aliphatic rings. The van der Waals surface area contributed by atoms with Crippen LogP contribution in [0.1, 0.15) is 36.7 Å². The Kier molecular flexibility index (Phi) is 10.5. The van der Waals surface area contributed by atoms with E-state index in [-0.39, 0.29) is 23.9 Å². The van der Waals surface area contributed by atoms with Gasteiger partial charge in [-0.2, -0.15) is 0 Å². The molecular weight excluding hydrogens is 617 g/mol. The number of hydrogen-bond acceptors (Lipinski definition) is 9. The number of aryl methyl sites for hydroxylation is 1. The van der Waals surface area contributed by atoms with Crippen LogP contribution in [-0.4, -0.2) is 113 Å². The predicted molar refractivity (Wildman–Crippen MR) is 181 cm³/mol. The van der Waals surface area contributed by atoms with Gasteiger partial charge in [-0.05, 0) is 69.7 Å². The zero-order valence-corrected chi connectivity index (χ0v) is 28.6. The number of rotatable bonds is 10. The monoisotopic (exact) mass is 661 g/mol. The molecule has 256 valence electrons. The van der Waals surface area contributed by atoms with Gasteiger partial charge >= 0.3 is 6.09 Å². The van der Waals surface area contributed by atoms with E-state index >= 15 is 0 Å². The lowest BCUT2D eigenvalue weighted by Gasteiger charge is -2.35. The maximum absolute atomic E-state index is 14.4. The minimum Gasteiger partial charge on any atom is -0.494 e. The van der Waals surface area contributed by atoms with E-state index in [9.17, 15) is 14.0 Å². The summed E-state index contributed by atoms with van der Waals surface area (Å²) in [5.41, 5.74) is 3.55. The summed E-state index contributed by atoms with van der Waals surface area (Å²) in [4.78, 5) is 40.3. The summed E-state index contributed by atoms with van der Waals surface area (Å²) in [5, 5.41) is 3.32. The standard InChI is InChI=1S/C35H44FN7O5/c1-23-18-25(39-31-32-38-20-29(43(32)13-12-37-31)24-8-11-30(46-7)28(36)19-24)9-10-27(23)33(44)40(5)14-15-42-16-17-47-26(22-42)21-41(6)34(45)48-35(2,3)4/h8-13,18-20,26H,14-17,21-22H2,1-7H3,(H,37,39). The zero-order chi connectivity index (χ0) is 34.6. The van der Waals surface area contributed by atoms with Crippen LogP contribution in [0.3, 0.4) is 0 Å². The van der Waals surface area contributed by atoms with Crippen LogP contribution in [0.2, 0.25) is 0 Å². The molecule has 1 N–H and O–H groups in total. The average molecular weight is 662 g/mol. The van der Waals surface area contributed by atoms with E-state index in [4.69, 9.17) is 14.2 Å². The molecule has 5 rings (SSSR count). The summed E-state index contributed by atoms with van der Waals surface area (Å²) >= 11 is 0. The third kappa shape index (κ3) is 8.20. The maximum Gasteiger partial charge on any atom is 0.410 e. The molecule has 1 aliphatic heterocycles. The molecule has 2 aromatic heterocycles. The molecule has 2 aromatic carbocycles. The van der Waals surface area contributed by atoms with E-state index in [1.807, 2.05) is 50.3 Å². The molecule has 13 heteroatoms. The van der Waals surface area contributed by atoms with Crippen LogP contribution in [0, 0.1) is 12.7 Å². The van der Waals surface area contributed by atoms with Gasteiger partial charge in [-0.1, -0.05) is 0 Å². The number of likely N-dealkylation sites (N-methyl/N-ethyl adjacent to an activating group) is 2. The van der Waals surface area contributed by atoms with Crippen LogP contribution in [0.4, 0.5) is 20.7 Å². The van der Waals surface area contributed by atoms with Crippen molar-refractivity contribution in [2.24, 2.45) is 0 Å². The van der Waals surface area contributed by atoms with Gasteiger partial charge in [-0.3, -0.25) is 14.1 Å². The molecule has 1 atom stereocenters. The SMILES string of the molecule is COc1ccc(-c2cnc3c(Nc4ccc(C(=O)N(C)CCN5CCOC(CN(C)C(=O)OC(C)(C)C)C5)c(C)c4)nccn23)cc1F. The fourth-order valence-corrected chi connectivity index (χ4v) is 5.58. The number of amides is 2. The number of methoxy groups -OCH3 is 1. The number of imidazole rings is 1. The third-order valence-electron chi connectivity index (χ3n) is 8.10. The minimum absolute atomic E-state index is 0.0710. The van der Waals surface area contributed by atoms with Gasteiger partial charge < -0.3 is 29.3 Å². The van der Waals surface area contributed by atoms with Crippen molar-refractivity contribution >= 4 is 29.2 Å². The lowest BCUT2D eigenvalue weighted by molar-refractivity contribution is -0.0452. The van der Waals surface area contributed by atoms with Crippen molar-refractivity contribution in [2.45, 2.75) is 39.4 Å². The van der Waals surface area contributed by atoms with Crippen LogP contribution in [-0.2, 0) is 9.47 Å². The number of halogens is 1. The predicted octanol–water partition coefficient (Wildman–Crippen LogP) is 5.24. The number of fused-ring (bicyclic) bond motifs is 1. The van der Waals surface area contributed by atoms with Crippen LogP contribution in [0.5, 0.6) is 5.75 Å². The average Bonchev–Trinajstić information content (AvgIpc) is 3.48. The number of anilines is 2. The Balaban J connectivity index is 1.18. The van der Waals surface area contributed by atoms with E-state index in [1.165, 1.54) is 13.2 Å². The molecule has 12 nitrogen and oxygen atoms in total. The number of aromatic nitrogens is 3. The number of carbonyl (C=O) groups excluding carboxylic acids is 2. The van der Waals surface area contributed by atoms with E-state index < -0.39 is 11.4 Å². The highest BCUT2D eigenvalue weighted by Crippen LogP contribution is 2.29. The van der Waals surface area contributed by atoms with Gasteiger partial charge in [0.15, 0.2) is 23.0 Å². The van der Waals surface area contributed by atoms with Gasteiger partial charge in [-0.15, -0.1) is 0 Å². The maximum atomic E-state index is 14.4. The first kappa shape index (κ1) is 34.6. The van der Waals surface area contributed by atoms with E-state index in [1.54, 1.807) is 54.6 Å². The van der Waals surface area contributed by atoms with E-state index in [0.717, 1.165) is 17.8 Å². The van der Waals surface area contributed by atoms with Gasteiger partial charge in [0.1, 0.15) is 5.60 Å². The summed E-state index contributed by atoms with van der Waals surface area (Å²) in [6.45, 7) is 11.0. The number of ether oxygens (including phenoxy) is 3. The normalized spacial score (nSPS) is 15.3. The van der Waals surface area contributed by atoms with Gasteiger partial charge in [0.05, 0.1) is 38.3 Å². The van der Waals surface area contributed by atoms with Crippen LogP contribution in [0.15, 0.2) is 55.0 Å². The van der Waals surface area contributed by atoms with Crippen molar-refractivity contribution in [1.29, 1.82) is 0 Å². The second kappa shape index (κ2) is 14.6. The molecule has 0 aliphatic carbocycles. The summed E-state index contributed by atoms with van der Waals surface area (Å²) in [7, 11) is 4.94. The van der Waals surface area contributed by atoms with Crippen molar-refractivity contribution in [3.8, 4) is 17.0 Å². The fraction of sp³-hybridized carbons (Fsp3) is 0.429. The van der Waals surface area contributed by atoms with Crippen molar-refractivity contribution < 1.29 is 28.2 Å². The highest BCUT2D eigenvalue weighted by atomic mass is 19.1. The Hall–Kier alpha value is -4.75. The second-order valence-corrected chi connectivity index (χ2v) is 13.0. The van der Waals surface area contributed by atoms with Gasteiger partial charge in [0.2, 0.25) is 0 Å². The Morgan fingerprint density at radius 1 is 1.12 bits per heavy atom. The van der Waals surface area contributed by atoms with Gasteiger partial charge in [0.25, 0.3) is 5.91 Å². The summed E-state index contributed by atoms with van der Waals surface area (Å²) in [5.74, 6) is 0.170. The molecule has 4 aromatic rings. The van der Waals surface area contributed by atoms with Crippen molar-refractivity contribution in [3.63, 3.8) is 0 Å². The summed E-state index contributed by atoms with van der Waals surface area (Å²) in [6, 6.07) is 10.3. The smallest absolute Gasteiger partial charge is 0.410 e. The fourth-order valence-electron chi connectivity index (χ4n) is 5.58. The summed E-state index contributed by atoms with van der Waals surface area (Å²) < 4.78 is 32.6. The number of nitrogens with zero attached hydrogens (tertiary/aromatic N) is 6. The van der Waals surface area contributed by atoms with E-state index in [0.29, 0.717) is 61.1 Å². The highest BCUT2D eigenvalue weighted by molar-refractivity contribution is 5.96. The van der Waals surface area contributed by atoms with Crippen molar-refractivity contribution in [3.05, 3.63) is 71.9 Å². The number of benzene rings is 2. The quantitative estimate of drug-likeness (QED) is 0.244. The van der Waals surface area contributed by atoms with Crippen LogP contribution < -0.4 is 10.1 Å². The summed E-state index contributed by atoms with van der Waals surface area (Å²) in [6.07, 6.45) is 4.57.